The number of carbonyl (C=O) groups is 2. The van der Waals surface area contributed by atoms with Gasteiger partial charge in [-0.15, -0.1) is 0 Å². The summed E-state index contributed by atoms with van der Waals surface area (Å²) in [6, 6.07) is 11.0. The van der Waals surface area contributed by atoms with E-state index >= 15 is 0 Å². The number of amides is 3. The maximum atomic E-state index is 12.0. The van der Waals surface area contributed by atoms with Crippen molar-refractivity contribution in [2.45, 2.75) is 0 Å². The molecule has 8 nitrogen and oxygen atoms in total. The predicted molar refractivity (Wildman–Crippen MR) is 98.9 cm³/mol. The van der Waals surface area contributed by atoms with Crippen LogP contribution < -0.4 is 25.9 Å². The van der Waals surface area contributed by atoms with Gasteiger partial charge in [0, 0.05) is 10.7 Å². The van der Waals surface area contributed by atoms with Crippen LogP contribution in [-0.2, 0) is 4.79 Å². The Morgan fingerprint density at radius 2 is 2.04 bits per heavy atom. The number of ether oxygens (including phenoxy) is 2. The average Bonchev–Trinajstić information content (AvgIpc) is 2.60. The summed E-state index contributed by atoms with van der Waals surface area (Å²) in [5.74, 6) is 0.447. The summed E-state index contributed by atoms with van der Waals surface area (Å²) in [6.07, 6.45) is 1.39. The second kappa shape index (κ2) is 9.28. The van der Waals surface area contributed by atoms with E-state index in [0.29, 0.717) is 27.8 Å². The van der Waals surface area contributed by atoms with E-state index in [1.54, 1.807) is 42.5 Å². The highest BCUT2D eigenvalue weighted by Gasteiger charge is 2.09. The summed E-state index contributed by atoms with van der Waals surface area (Å²) in [5.41, 5.74) is 8.22. The number of halogens is 1. The Hall–Kier alpha value is -3.26. The lowest BCUT2D eigenvalue weighted by Gasteiger charge is -2.11. The fourth-order valence-electron chi connectivity index (χ4n) is 1.96. The van der Waals surface area contributed by atoms with E-state index in [0.717, 1.165) is 0 Å². The minimum absolute atomic E-state index is 0.209. The Kier molecular flexibility index (Phi) is 6.81. The fraction of sp³-hybridized carbons (Fsp3) is 0.118. The molecule has 0 atom stereocenters. The minimum Gasteiger partial charge on any atom is -0.493 e. The first kappa shape index (κ1) is 19.1. The van der Waals surface area contributed by atoms with Crippen molar-refractivity contribution in [1.82, 2.24) is 5.43 Å². The lowest BCUT2D eigenvalue weighted by atomic mass is 10.2. The van der Waals surface area contributed by atoms with Crippen LogP contribution in [0.1, 0.15) is 5.56 Å². The second-order valence-corrected chi connectivity index (χ2v) is 5.43. The molecule has 0 radical (unpaired) electrons. The molecule has 3 amide bonds. The molecule has 4 N–H and O–H groups in total. The Balaban J connectivity index is 1.96. The number of hydrogen-bond donors (Lipinski definition) is 3. The molecular weight excluding hydrogens is 360 g/mol. The molecule has 0 unspecified atom stereocenters. The third-order valence-electron chi connectivity index (χ3n) is 3.04. The summed E-state index contributed by atoms with van der Waals surface area (Å²) >= 11 is 5.87. The van der Waals surface area contributed by atoms with E-state index in [1.807, 2.05) is 0 Å². The topological polar surface area (TPSA) is 115 Å². The van der Waals surface area contributed by atoms with Crippen LogP contribution in [-0.4, -0.2) is 31.9 Å². The van der Waals surface area contributed by atoms with Gasteiger partial charge in [0.15, 0.2) is 18.1 Å². The van der Waals surface area contributed by atoms with Crippen molar-refractivity contribution in [2.24, 2.45) is 10.8 Å². The van der Waals surface area contributed by atoms with Crippen LogP contribution in [0.25, 0.3) is 0 Å². The van der Waals surface area contributed by atoms with Gasteiger partial charge >= 0.3 is 6.03 Å². The Labute approximate surface area is 154 Å². The van der Waals surface area contributed by atoms with Gasteiger partial charge in [-0.1, -0.05) is 17.7 Å². The number of nitrogens with zero attached hydrogens (tertiary/aromatic N) is 1. The Bertz CT molecular complexity index is 826. The van der Waals surface area contributed by atoms with E-state index in [9.17, 15) is 9.59 Å². The number of hydrogen-bond acceptors (Lipinski definition) is 5. The summed E-state index contributed by atoms with van der Waals surface area (Å²) in [5, 5.41) is 6.85. The lowest BCUT2D eigenvalue weighted by molar-refractivity contribution is -0.118. The number of hydrazone groups is 1. The zero-order valence-electron chi connectivity index (χ0n) is 13.9. The molecule has 0 bridgehead atoms. The van der Waals surface area contributed by atoms with Gasteiger partial charge in [0.1, 0.15) is 0 Å². The van der Waals surface area contributed by atoms with Crippen molar-refractivity contribution in [3.63, 3.8) is 0 Å². The van der Waals surface area contributed by atoms with Crippen LogP contribution in [0, 0.1) is 0 Å². The first-order valence-corrected chi connectivity index (χ1v) is 7.80. The average molecular weight is 377 g/mol. The Morgan fingerprint density at radius 3 is 2.73 bits per heavy atom. The molecular formula is C17H17ClN4O4. The van der Waals surface area contributed by atoms with Crippen molar-refractivity contribution >= 4 is 35.4 Å². The molecule has 2 aromatic carbocycles. The molecule has 2 aromatic rings. The number of primary amides is 1. The van der Waals surface area contributed by atoms with E-state index in [-0.39, 0.29) is 12.5 Å². The lowest BCUT2D eigenvalue weighted by Crippen LogP contribution is -2.24. The van der Waals surface area contributed by atoms with Crippen LogP contribution in [0.2, 0.25) is 5.02 Å². The number of urea groups is 1. The minimum atomic E-state index is -0.765. The molecule has 0 aliphatic rings. The van der Waals surface area contributed by atoms with Gasteiger partial charge in [-0.2, -0.15) is 5.10 Å². The zero-order valence-corrected chi connectivity index (χ0v) is 14.6. The summed E-state index contributed by atoms with van der Waals surface area (Å²) in [4.78, 5) is 22.5. The number of benzene rings is 2. The van der Waals surface area contributed by atoms with Crippen LogP contribution in [0.3, 0.4) is 0 Å². The molecule has 0 fully saturated rings. The quantitative estimate of drug-likeness (QED) is 0.508. The predicted octanol–water partition coefficient (Wildman–Crippen LogP) is 2.37. The van der Waals surface area contributed by atoms with Gasteiger partial charge in [-0.25, -0.2) is 10.2 Å². The summed E-state index contributed by atoms with van der Waals surface area (Å²) in [7, 11) is 1.47. The van der Waals surface area contributed by atoms with Crippen LogP contribution >= 0.6 is 11.6 Å². The van der Waals surface area contributed by atoms with E-state index in [1.165, 1.54) is 13.3 Å². The first-order valence-electron chi connectivity index (χ1n) is 7.42. The first-order chi connectivity index (χ1) is 12.5. The second-order valence-electron chi connectivity index (χ2n) is 4.99. The zero-order chi connectivity index (χ0) is 18.9. The van der Waals surface area contributed by atoms with E-state index < -0.39 is 6.03 Å². The molecule has 0 saturated carbocycles. The number of nitrogens with two attached hydrogens (primary N) is 1. The van der Waals surface area contributed by atoms with Crippen LogP contribution in [0.4, 0.5) is 10.5 Å². The van der Waals surface area contributed by atoms with Gasteiger partial charge in [0.2, 0.25) is 0 Å². The molecule has 136 valence electrons. The van der Waals surface area contributed by atoms with Crippen LogP contribution in [0.5, 0.6) is 11.5 Å². The number of anilines is 1. The van der Waals surface area contributed by atoms with Gasteiger partial charge in [0.05, 0.1) is 13.3 Å². The maximum Gasteiger partial charge on any atom is 0.332 e. The van der Waals surface area contributed by atoms with Gasteiger partial charge in [-0.3, -0.25) is 4.79 Å². The molecule has 9 heteroatoms. The highest BCUT2D eigenvalue weighted by molar-refractivity contribution is 6.30. The normalized spacial score (nSPS) is 10.4. The van der Waals surface area contributed by atoms with Crippen molar-refractivity contribution < 1.29 is 19.1 Å². The summed E-state index contributed by atoms with van der Waals surface area (Å²) in [6.45, 7) is -0.209. The number of carbonyl (C=O) groups excluding carboxylic acids is 2. The monoisotopic (exact) mass is 376 g/mol. The Morgan fingerprint density at radius 1 is 1.23 bits per heavy atom. The SMILES string of the molecule is COc1cc(/C=N/NC(N)=O)ccc1OCC(=O)Nc1cccc(Cl)c1. The van der Waals surface area contributed by atoms with E-state index in [4.69, 9.17) is 26.8 Å². The molecule has 0 aliphatic carbocycles. The number of rotatable bonds is 7. The van der Waals surface area contributed by atoms with Gasteiger partial charge < -0.3 is 20.5 Å². The van der Waals surface area contributed by atoms with Gasteiger partial charge in [-0.05, 0) is 42.0 Å². The molecule has 2 rings (SSSR count). The van der Waals surface area contributed by atoms with Crippen molar-refractivity contribution in [3.8, 4) is 11.5 Å². The number of nitrogens with one attached hydrogen (secondary N) is 2. The highest BCUT2D eigenvalue weighted by Crippen LogP contribution is 2.27. The molecule has 0 spiro atoms. The third kappa shape index (κ3) is 5.99. The third-order valence-corrected chi connectivity index (χ3v) is 3.28. The molecule has 0 aliphatic heterocycles. The fourth-order valence-corrected chi connectivity index (χ4v) is 2.15. The standard InChI is InChI=1S/C17H17ClN4O4/c1-25-15-7-11(9-20-22-17(19)24)5-6-14(15)26-10-16(23)21-13-4-2-3-12(18)8-13/h2-9H,10H2,1H3,(H,21,23)(H3,19,22,24)/b20-9+. The van der Waals surface area contributed by atoms with Gasteiger partial charge in [0.25, 0.3) is 5.91 Å². The molecule has 0 saturated heterocycles. The van der Waals surface area contributed by atoms with Crippen molar-refractivity contribution in [3.05, 3.63) is 53.1 Å². The van der Waals surface area contributed by atoms with Crippen LogP contribution in [0.15, 0.2) is 47.6 Å². The molecule has 0 aromatic heterocycles. The highest BCUT2D eigenvalue weighted by atomic mass is 35.5. The smallest absolute Gasteiger partial charge is 0.332 e. The maximum absolute atomic E-state index is 12.0. The van der Waals surface area contributed by atoms with Crippen molar-refractivity contribution in [2.75, 3.05) is 19.0 Å². The van der Waals surface area contributed by atoms with Crippen molar-refractivity contribution in [1.29, 1.82) is 0 Å². The largest absolute Gasteiger partial charge is 0.493 e. The summed E-state index contributed by atoms with van der Waals surface area (Å²) < 4.78 is 10.7. The number of methoxy groups -OCH3 is 1. The van der Waals surface area contributed by atoms with E-state index in [2.05, 4.69) is 15.8 Å². The molecule has 0 heterocycles. The molecule has 26 heavy (non-hydrogen) atoms.